The van der Waals surface area contributed by atoms with Gasteiger partial charge in [-0.25, -0.2) is 0 Å². The van der Waals surface area contributed by atoms with Gasteiger partial charge in [0.05, 0.1) is 24.7 Å². The molecule has 0 aromatic heterocycles. The summed E-state index contributed by atoms with van der Waals surface area (Å²) in [5, 5.41) is 0. The van der Waals surface area contributed by atoms with E-state index in [1.807, 2.05) is 26.8 Å². The topological polar surface area (TPSA) is 44.8 Å². The summed E-state index contributed by atoms with van der Waals surface area (Å²) in [5.41, 5.74) is 2.37. The van der Waals surface area contributed by atoms with Crippen molar-refractivity contribution in [3.05, 3.63) is 23.3 Å². The Morgan fingerprint density at radius 3 is 2.28 bits per heavy atom. The van der Waals surface area contributed by atoms with Crippen molar-refractivity contribution >= 4 is 5.97 Å². The molecule has 0 aromatic carbocycles. The van der Waals surface area contributed by atoms with Crippen LogP contribution in [0.25, 0.3) is 0 Å². The molecule has 0 amide bonds. The predicted octanol–water partition coefficient (Wildman–Crippen LogP) is 5.32. The number of esters is 1. The van der Waals surface area contributed by atoms with Crippen molar-refractivity contribution in [2.75, 3.05) is 6.61 Å². The zero-order valence-corrected chi connectivity index (χ0v) is 17.1. The number of carbonyl (C=O) groups excluding carboxylic acids is 1. The van der Waals surface area contributed by atoms with Crippen LogP contribution in [-0.4, -0.2) is 30.1 Å². The molecule has 0 radical (unpaired) electrons. The average molecular weight is 353 g/mol. The molecule has 1 aliphatic heterocycles. The summed E-state index contributed by atoms with van der Waals surface area (Å²) in [6.45, 7) is 14.7. The van der Waals surface area contributed by atoms with E-state index in [9.17, 15) is 4.79 Å². The third-order valence-electron chi connectivity index (χ3n) is 4.47. The summed E-state index contributed by atoms with van der Waals surface area (Å²) in [4.78, 5) is 11.3. The van der Waals surface area contributed by atoms with Crippen molar-refractivity contribution in [1.82, 2.24) is 0 Å². The molecular formula is C21H36O4. The van der Waals surface area contributed by atoms with Crippen molar-refractivity contribution < 1.29 is 19.0 Å². The Bertz CT molecular complexity index is 500. The second-order valence-corrected chi connectivity index (χ2v) is 7.90. The fourth-order valence-electron chi connectivity index (χ4n) is 3.20. The van der Waals surface area contributed by atoms with Crippen LogP contribution in [0.4, 0.5) is 0 Å². The van der Waals surface area contributed by atoms with Crippen LogP contribution < -0.4 is 0 Å². The Labute approximate surface area is 153 Å². The van der Waals surface area contributed by atoms with E-state index in [0.29, 0.717) is 13.0 Å². The van der Waals surface area contributed by atoms with Crippen LogP contribution in [0.5, 0.6) is 0 Å². The van der Waals surface area contributed by atoms with E-state index < -0.39 is 5.79 Å². The first-order chi connectivity index (χ1) is 11.6. The van der Waals surface area contributed by atoms with E-state index in [2.05, 4.69) is 33.8 Å². The molecular weight excluding hydrogens is 316 g/mol. The average Bonchev–Trinajstić information content (AvgIpc) is 2.70. The van der Waals surface area contributed by atoms with Gasteiger partial charge in [0.25, 0.3) is 0 Å². The van der Waals surface area contributed by atoms with Gasteiger partial charge in [-0.2, -0.15) is 0 Å². The molecule has 1 fully saturated rings. The van der Waals surface area contributed by atoms with Crippen LogP contribution in [0.3, 0.4) is 0 Å². The van der Waals surface area contributed by atoms with Crippen molar-refractivity contribution in [3.63, 3.8) is 0 Å². The second kappa shape index (κ2) is 9.54. The molecule has 0 aliphatic carbocycles. The fourth-order valence-corrected chi connectivity index (χ4v) is 3.20. The van der Waals surface area contributed by atoms with E-state index in [4.69, 9.17) is 14.2 Å². The normalized spacial score (nSPS) is 22.9. The summed E-state index contributed by atoms with van der Waals surface area (Å²) in [7, 11) is 0. The maximum Gasteiger partial charge on any atom is 0.309 e. The highest BCUT2D eigenvalue weighted by molar-refractivity contribution is 5.71. The van der Waals surface area contributed by atoms with Crippen LogP contribution >= 0.6 is 0 Å². The van der Waals surface area contributed by atoms with Gasteiger partial charge in [0.15, 0.2) is 5.79 Å². The van der Waals surface area contributed by atoms with E-state index in [-0.39, 0.29) is 17.7 Å². The van der Waals surface area contributed by atoms with Gasteiger partial charge in [-0.1, -0.05) is 23.3 Å². The maximum absolute atomic E-state index is 11.3. The van der Waals surface area contributed by atoms with Gasteiger partial charge in [-0.15, -0.1) is 0 Å². The van der Waals surface area contributed by atoms with Crippen molar-refractivity contribution in [2.45, 2.75) is 98.1 Å². The molecule has 1 rings (SSSR count). The Kier molecular flexibility index (Phi) is 8.36. The minimum absolute atomic E-state index is 0.122. The Morgan fingerprint density at radius 1 is 1.08 bits per heavy atom. The number of hydrogen-bond acceptors (Lipinski definition) is 4. The first-order valence-electron chi connectivity index (χ1n) is 9.40. The van der Waals surface area contributed by atoms with Crippen LogP contribution in [0.15, 0.2) is 23.3 Å². The fraction of sp³-hybridized carbons (Fsp3) is 0.762. The first-order valence-corrected chi connectivity index (χ1v) is 9.40. The minimum Gasteiger partial charge on any atom is -0.466 e. The highest BCUT2D eigenvalue weighted by Gasteiger charge is 2.46. The van der Waals surface area contributed by atoms with Crippen LogP contribution in [0, 0.1) is 0 Å². The van der Waals surface area contributed by atoms with Gasteiger partial charge in [0.2, 0.25) is 0 Å². The van der Waals surface area contributed by atoms with Gasteiger partial charge >= 0.3 is 5.97 Å². The molecule has 4 heteroatoms. The quantitative estimate of drug-likeness (QED) is 0.416. The van der Waals surface area contributed by atoms with E-state index in [0.717, 1.165) is 25.7 Å². The van der Waals surface area contributed by atoms with E-state index in [1.54, 1.807) is 0 Å². The Morgan fingerprint density at radius 2 is 1.72 bits per heavy atom. The molecule has 0 aromatic rings. The molecule has 4 nitrogen and oxygen atoms in total. The molecule has 1 aliphatic rings. The third kappa shape index (κ3) is 8.19. The van der Waals surface area contributed by atoms with Crippen molar-refractivity contribution in [2.24, 2.45) is 0 Å². The van der Waals surface area contributed by atoms with Gasteiger partial charge in [-0.3, -0.25) is 4.79 Å². The van der Waals surface area contributed by atoms with Crippen molar-refractivity contribution in [3.8, 4) is 0 Å². The van der Waals surface area contributed by atoms with Crippen LogP contribution in [0.1, 0.15) is 80.6 Å². The minimum atomic E-state index is -0.493. The number of carbonyl (C=O) groups is 1. The van der Waals surface area contributed by atoms with Gasteiger partial charge in [0, 0.05) is 0 Å². The van der Waals surface area contributed by atoms with E-state index >= 15 is 0 Å². The number of hydrogen-bond donors (Lipinski definition) is 0. The van der Waals surface area contributed by atoms with E-state index in [1.165, 1.54) is 11.1 Å². The van der Waals surface area contributed by atoms with Crippen LogP contribution in [-0.2, 0) is 19.0 Å². The van der Waals surface area contributed by atoms with Gasteiger partial charge in [0.1, 0.15) is 0 Å². The molecule has 0 saturated carbocycles. The van der Waals surface area contributed by atoms with Crippen molar-refractivity contribution in [1.29, 1.82) is 0 Å². The maximum atomic E-state index is 11.3. The molecule has 1 saturated heterocycles. The first kappa shape index (κ1) is 21.9. The SMILES string of the molecule is CCOC(=O)C/C=C(\C)CC/C=C(\C)CC[C@H]1OC(C)(C)OC1(C)C. The van der Waals surface area contributed by atoms with Gasteiger partial charge in [-0.05, 0) is 74.1 Å². The highest BCUT2D eigenvalue weighted by atomic mass is 16.8. The number of rotatable bonds is 9. The molecule has 0 N–H and O–H groups in total. The molecule has 1 atom stereocenters. The molecule has 144 valence electrons. The predicted molar refractivity (Wildman–Crippen MR) is 101 cm³/mol. The summed E-state index contributed by atoms with van der Waals surface area (Å²) in [5.74, 6) is -0.648. The lowest BCUT2D eigenvalue weighted by molar-refractivity contribution is -0.157. The second-order valence-electron chi connectivity index (χ2n) is 7.90. The summed E-state index contributed by atoms with van der Waals surface area (Å²) in [6, 6.07) is 0. The molecule has 0 bridgehead atoms. The monoisotopic (exact) mass is 352 g/mol. The molecule has 0 spiro atoms. The number of allylic oxidation sites excluding steroid dienone is 3. The summed E-state index contributed by atoms with van der Waals surface area (Å²) < 4.78 is 16.9. The standard InChI is InChI=1S/C21H36O4/c1-8-23-19(22)15-13-17(3)11-9-10-16(2)12-14-18-20(4,5)25-21(6,7)24-18/h10,13,18H,8-9,11-12,14-15H2,1-7H3/b16-10+,17-13+/t18-/m1/s1. The van der Waals surface area contributed by atoms with Crippen LogP contribution in [0.2, 0.25) is 0 Å². The smallest absolute Gasteiger partial charge is 0.309 e. The Hall–Kier alpha value is -1.13. The molecule has 0 unspecified atom stereocenters. The lowest BCUT2D eigenvalue weighted by Crippen LogP contribution is -2.33. The number of ether oxygens (including phenoxy) is 3. The van der Waals surface area contributed by atoms with Gasteiger partial charge < -0.3 is 14.2 Å². The zero-order valence-electron chi connectivity index (χ0n) is 17.1. The largest absolute Gasteiger partial charge is 0.466 e. The molecule has 1 heterocycles. The Balaban J connectivity index is 2.34. The summed E-state index contributed by atoms with van der Waals surface area (Å²) in [6.07, 6.45) is 8.69. The third-order valence-corrected chi connectivity index (χ3v) is 4.47. The lowest BCUT2D eigenvalue weighted by atomic mass is 9.95. The zero-order chi connectivity index (χ0) is 19.1. The highest BCUT2D eigenvalue weighted by Crippen LogP contribution is 2.38. The molecule has 25 heavy (non-hydrogen) atoms. The summed E-state index contributed by atoms with van der Waals surface area (Å²) >= 11 is 0. The lowest BCUT2D eigenvalue weighted by Gasteiger charge is -2.24.